The van der Waals surface area contributed by atoms with E-state index in [1.807, 2.05) is 0 Å². The summed E-state index contributed by atoms with van der Waals surface area (Å²) in [5, 5.41) is 2.55. The SMILES string of the molecule is CCOc1nc(N)nc2c1ncn2[C@@H]1OC23CC2O[P@@](=O)(N[C@H](C)C(=O)OC(C)C)O[C@H]3[C@@]1(C)F. The molecule has 5 rings (SSSR count). The summed E-state index contributed by atoms with van der Waals surface area (Å²) >= 11 is 0. The molecule has 3 N–H and O–H groups in total. The first-order chi connectivity index (χ1) is 16.4. The van der Waals surface area contributed by atoms with Crippen LogP contribution in [0.25, 0.3) is 11.2 Å². The van der Waals surface area contributed by atoms with Crippen LogP contribution in [0.5, 0.6) is 5.88 Å². The van der Waals surface area contributed by atoms with Crippen molar-refractivity contribution >= 4 is 30.8 Å². The summed E-state index contributed by atoms with van der Waals surface area (Å²) in [7, 11) is -4.07. The molecule has 4 heterocycles. The normalized spacial score (nSPS) is 36.6. The summed E-state index contributed by atoms with van der Waals surface area (Å²) in [6, 6.07) is -1.01. The van der Waals surface area contributed by atoms with Crippen LogP contribution in [0.15, 0.2) is 6.33 Å². The molecule has 2 aliphatic heterocycles. The van der Waals surface area contributed by atoms with Crippen LogP contribution in [-0.2, 0) is 27.9 Å². The van der Waals surface area contributed by atoms with Gasteiger partial charge in [0, 0.05) is 6.42 Å². The third-order valence-corrected chi connectivity index (χ3v) is 7.89. The average molecular weight is 514 g/mol. The number of aromatic nitrogens is 4. The number of imidazole rings is 1. The van der Waals surface area contributed by atoms with Crippen molar-refractivity contribution in [3.05, 3.63) is 6.33 Å². The minimum atomic E-state index is -4.07. The maximum absolute atomic E-state index is 16.4. The molecule has 192 valence electrons. The van der Waals surface area contributed by atoms with Gasteiger partial charge < -0.3 is 19.9 Å². The quantitative estimate of drug-likeness (QED) is 0.409. The summed E-state index contributed by atoms with van der Waals surface area (Å²) in [6.07, 6.45) is -1.93. The van der Waals surface area contributed by atoms with E-state index in [-0.39, 0.29) is 30.0 Å². The number of hydrogen-bond donors (Lipinski definition) is 2. The zero-order chi connectivity index (χ0) is 25.3. The molecular formula is C20H28FN6O7P. The van der Waals surface area contributed by atoms with Gasteiger partial charge in [0.1, 0.15) is 23.9 Å². The second kappa shape index (κ2) is 8.07. The van der Waals surface area contributed by atoms with Gasteiger partial charge in [-0.15, -0.1) is 0 Å². The lowest BCUT2D eigenvalue weighted by Gasteiger charge is -2.35. The van der Waals surface area contributed by atoms with Crippen LogP contribution in [0.3, 0.4) is 0 Å². The van der Waals surface area contributed by atoms with E-state index in [1.165, 1.54) is 24.7 Å². The van der Waals surface area contributed by atoms with Crippen LogP contribution in [0.1, 0.15) is 47.3 Å². The van der Waals surface area contributed by atoms with Gasteiger partial charge in [-0.2, -0.15) is 9.97 Å². The van der Waals surface area contributed by atoms with Gasteiger partial charge in [0.2, 0.25) is 11.8 Å². The summed E-state index contributed by atoms with van der Waals surface area (Å²) in [5.74, 6) is -0.537. The number of halogens is 1. The number of carbonyl (C=O) groups excluding carboxylic acids is 1. The molecule has 0 bridgehead atoms. The number of esters is 1. The second-order valence-electron chi connectivity index (χ2n) is 9.34. The second-order valence-corrected chi connectivity index (χ2v) is 11.0. The Morgan fingerprint density at radius 1 is 1.40 bits per heavy atom. The van der Waals surface area contributed by atoms with Crippen LogP contribution in [0, 0.1) is 0 Å². The molecule has 2 unspecified atom stereocenters. The number of carbonyl (C=O) groups is 1. The van der Waals surface area contributed by atoms with Crippen LogP contribution in [0.2, 0.25) is 0 Å². The predicted octanol–water partition coefficient (Wildman–Crippen LogP) is 2.03. The highest BCUT2D eigenvalue weighted by Gasteiger charge is 2.80. The molecule has 0 aromatic carbocycles. The number of anilines is 1. The standard InChI is InChI=1S/C20H28FN6O7P/c1-6-30-14-12-13(24-18(22)25-14)27(8-23-12)17-19(5,21)16-20(32-17)7-11(20)33-35(29,34-16)26-10(4)15(28)31-9(2)3/h8-11,16-17H,6-7H2,1-5H3,(H,26,29)(H2,22,24,25)/t10-,11?,16+,17-,19-,20?,35+/m1/s1. The predicted molar refractivity (Wildman–Crippen MR) is 119 cm³/mol. The van der Waals surface area contributed by atoms with Gasteiger partial charge in [-0.25, -0.2) is 19.0 Å². The lowest BCUT2D eigenvalue weighted by molar-refractivity contribution is -0.149. The molecule has 2 aromatic heterocycles. The first kappa shape index (κ1) is 24.3. The van der Waals surface area contributed by atoms with E-state index in [9.17, 15) is 9.36 Å². The van der Waals surface area contributed by atoms with Crippen LogP contribution in [0.4, 0.5) is 10.3 Å². The first-order valence-electron chi connectivity index (χ1n) is 11.3. The fourth-order valence-electron chi connectivity index (χ4n) is 4.60. The molecule has 2 aromatic rings. The van der Waals surface area contributed by atoms with Gasteiger partial charge in [0.05, 0.1) is 19.0 Å². The maximum atomic E-state index is 16.4. The number of rotatable bonds is 7. The van der Waals surface area contributed by atoms with E-state index in [0.29, 0.717) is 12.1 Å². The van der Waals surface area contributed by atoms with E-state index in [2.05, 4.69) is 20.0 Å². The number of nitrogens with one attached hydrogen (secondary N) is 1. The van der Waals surface area contributed by atoms with Crippen molar-refractivity contribution in [2.45, 2.75) is 82.9 Å². The Balaban J connectivity index is 1.44. The lowest BCUT2D eigenvalue weighted by atomic mass is 9.97. The number of nitrogens with zero attached hydrogens (tertiary/aromatic N) is 4. The number of nitrogens with two attached hydrogens (primary N) is 1. The summed E-state index contributed by atoms with van der Waals surface area (Å²) in [6.45, 7) is 8.25. The van der Waals surface area contributed by atoms with E-state index in [4.69, 9.17) is 29.0 Å². The molecule has 1 aliphatic carbocycles. The third kappa shape index (κ3) is 3.87. The highest BCUT2D eigenvalue weighted by atomic mass is 31.2. The fourth-order valence-corrected chi connectivity index (χ4v) is 6.60. The van der Waals surface area contributed by atoms with Gasteiger partial charge in [0.25, 0.3) is 0 Å². The molecule has 13 nitrogen and oxygen atoms in total. The average Bonchev–Trinajstić information content (AvgIpc) is 3.20. The molecule has 3 aliphatic rings. The zero-order valence-corrected chi connectivity index (χ0v) is 20.8. The maximum Gasteiger partial charge on any atom is 0.407 e. The molecular weight excluding hydrogens is 486 g/mol. The van der Waals surface area contributed by atoms with Crippen molar-refractivity contribution in [1.82, 2.24) is 24.6 Å². The van der Waals surface area contributed by atoms with Crippen molar-refractivity contribution < 1.29 is 37.0 Å². The highest BCUT2D eigenvalue weighted by Crippen LogP contribution is 2.71. The number of hydrogen-bond acceptors (Lipinski definition) is 11. The van der Waals surface area contributed by atoms with Crippen LogP contribution >= 0.6 is 7.75 Å². The van der Waals surface area contributed by atoms with E-state index in [1.54, 1.807) is 20.8 Å². The Hall–Kier alpha value is -2.38. The van der Waals surface area contributed by atoms with Crippen LogP contribution < -0.4 is 15.6 Å². The van der Waals surface area contributed by atoms with E-state index >= 15 is 4.39 Å². The van der Waals surface area contributed by atoms with Crippen molar-refractivity contribution in [1.29, 1.82) is 0 Å². The monoisotopic (exact) mass is 514 g/mol. The van der Waals surface area contributed by atoms with Crippen molar-refractivity contribution in [3.63, 3.8) is 0 Å². The van der Waals surface area contributed by atoms with Gasteiger partial charge >= 0.3 is 13.7 Å². The Morgan fingerprint density at radius 2 is 2.14 bits per heavy atom. The molecule has 15 heteroatoms. The van der Waals surface area contributed by atoms with Gasteiger partial charge in [-0.3, -0.25) is 18.4 Å². The van der Waals surface area contributed by atoms with E-state index < -0.39 is 49.5 Å². The van der Waals surface area contributed by atoms with Crippen molar-refractivity contribution in [2.24, 2.45) is 0 Å². The lowest BCUT2D eigenvalue weighted by Crippen LogP contribution is -2.48. The molecule has 0 amide bonds. The summed E-state index contributed by atoms with van der Waals surface area (Å²) < 4.78 is 59.3. The van der Waals surface area contributed by atoms with Gasteiger partial charge in [-0.05, 0) is 34.6 Å². The topological polar surface area (TPSA) is 162 Å². The molecule has 0 radical (unpaired) electrons. The van der Waals surface area contributed by atoms with Crippen LogP contribution in [-0.4, -0.2) is 67.7 Å². The van der Waals surface area contributed by atoms with Crippen molar-refractivity contribution in [2.75, 3.05) is 12.3 Å². The zero-order valence-electron chi connectivity index (χ0n) is 19.9. The Kier molecular flexibility index (Phi) is 5.61. The molecule has 35 heavy (non-hydrogen) atoms. The number of alkyl halides is 1. The molecule has 2 saturated heterocycles. The number of nitrogen functional groups attached to an aromatic ring is 1. The van der Waals surface area contributed by atoms with Crippen molar-refractivity contribution in [3.8, 4) is 5.88 Å². The Morgan fingerprint density at radius 3 is 2.83 bits per heavy atom. The Labute approximate surface area is 200 Å². The summed E-state index contributed by atoms with van der Waals surface area (Å²) in [5.41, 5.74) is 3.01. The van der Waals surface area contributed by atoms with E-state index in [0.717, 1.165) is 0 Å². The Bertz CT molecular complexity index is 1220. The van der Waals surface area contributed by atoms with Gasteiger partial charge in [0.15, 0.2) is 23.1 Å². The number of ether oxygens (including phenoxy) is 3. The number of fused-ring (bicyclic) bond motifs is 1. The summed E-state index contributed by atoms with van der Waals surface area (Å²) in [4.78, 5) is 24.7. The molecule has 1 saturated carbocycles. The smallest absolute Gasteiger partial charge is 0.407 e. The molecule has 7 atom stereocenters. The highest BCUT2D eigenvalue weighted by molar-refractivity contribution is 7.51. The minimum absolute atomic E-state index is 0.0725. The molecule has 1 spiro atoms. The fraction of sp³-hybridized carbons (Fsp3) is 0.700. The molecule has 3 fully saturated rings. The van der Waals surface area contributed by atoms with Gasteiger partial charge in [-0.1, -0.05) is 0 Å². The minimum Gasteiger partial charge on any atom is -0.476 e. The largest absolute Gasteiger partial charge is 0.476 e. The third-order valence-electron chi connectivity index (χ3n) is 6.17. The first-order valence-corrected chi connectivity index (χ1v) is 12.9.